The number of benzene rings is 1. The fourth-order valence-corrected chi connectivity index (χ4v) is 6.72. The Morgan fingerprint density at radius 2 is 1.56 bits per heavy atom. The van der Waals surface area contributed by atoms with E-state index in [0.717, 1.165) is 45.5 Å². The molecule has 1 aliphatic heterocycles. The van der Waals surface area contributed by atoms with Crippen molar-refractivity contribution in [3.8, 4) is 22.8 Å². The zero-order chi connectivity index (χ0) is 24.9. The van der Waals surface area contributed by atoms with Gasteiger partial charge >= 0.3 is 0 Å². The van der Waals surface area contributed by atoms with E-state index in [1.165, 1.54) is 19.3 Å². The van der Waals surface area contributed by atoms with Crippen molar-refractivity contribution in [1.82, 2.24) is 24.8 Å². The molecule has 6 rings (SSSR count). The number of aromatic nitrogens is 4. The Hall–Kier alpha value is -3.45. The molecule has 0 radical (unpaired) electrons. The molecule has 1 N–H and O–H groups in total. The third-order valence-electron chi connectivity index (χ3n) is 7.41. The molecular weight excluding hydrogens is 464 g/mol. The summed E-state index contributed by atoms with van der Waals surface area (Å²) in [5.41, 5.74) is 6.16. The predicted octanol–water partition coefficient (Wildman–Crippen LogP) is 6.35. The Morgan fingerprint density at radius 1 is 0.889 bits per heavy atom. The Morgan fingerprint density at radius 3 is 2.19 bits per heavy atom. The van der Waals surface area contributed by atoms with Gasteiger partial charge in [-0.1, -0.05) is 32.9 Å². The van der Waals surface area contributed by atoms with Gasteiger partial charge in [-0.25, -0.2) is 9.97 Å². The third-order valence-corrected chi connectivity index (χ3v) is 7.74. The summed E-state index contributed by atoms with van der Waals surface area (Å²) < 4.78 is 0. The Balaban J connectivity index is 1.34. The molecular formula is C29H30N6S. The van der Waals surface area contributed by atoms with E-state index in [-0.39, 0.29) is 0 Å². The first-order valence-electron chi connectivity index (χ1n) is 12.5. The molecule has 4 heterocycles. The van der Waals surface area contributed by atoms with E-state index in [4.69, 9.17) is 22.2 Å². The van der Waals surface area contributed by atoms with E-state index in [0.29, 0.717) is 22.6 Å². The molecule has 4 aromatic rings. The molecule has 6 nitrogen and oxygen atoms in total. The van der Waals surface area contributed by atoms with Crippen LogP contribution in [0.15, 0.2) is 67.0 Å². The first kappa shape index (κ1) is 23.0. The summed E-state index contributed by atoms with van der Waals surface area (Å²) in [5.74, 6) is 0. The Kier molecular flexibility index (Phi) is 5.48. The number of nitrogens with zero attached hydrogens (tertiary/aromatic N) is 5. The minimum absolute atomic E-state index is 0.326. The Labute approximate surface area is 217 Å². The fraction of sp³-hybridized carbons (Fsp3) is 0.345. The molecule has 2 atom stereocenters. The molecule has 0 amide bonds. The van der Waals surface area contributed by atoms with Crippen LogP contribution in [0.25, 0.3) is 33.8 Å². The highest BCUT2D eigenvalue weighted by Crippen LogP contribution is 2.52. The zero-order valence-electron chi connectivity index (χ0n) is 20.9. The van der Waals surface area contributed by atoms with Crippen LogP contribution in [-0.4, -0.2) is 42.5 Å². The van der Waals surface area contributed by atoms with Crippen molar-refractivity contribution in [3.05, 3.63) is 67.0 Å². The predicted molar refractivity (Wildman–Crippen MR) is 148 cm³/mol. The number of hydrogen-bond donors (Lipinski definition) is 1. The van der Waals surface area contributed by atoms with Gasteiger partial charge in [-0.3, -0.25) is 9.97 Å². The second-order valence-corrected chi connectivity index (χ2v) is 11.7. The minimum atomic E-state index is 0.326. The van der Waals surface area contributed by atoms with E-state index in [1.807, 2.05) is 54.6 Å². The molecule has 1 aliphatic carbocycles. The van der Waals surface area contributed by atoms with Gasteiger partial charge in [-0.15, -0.1) is 0 Å². The van der Waals surface area contributed by atoms with Crippen LogP contribution in [-0.2, 0) is 0 Å². The smallest absolute Gasteiger partial charge is 0.173 e. The third kappa shape index (κ3) is 4.32. The van der Waals surface area contributed by atoms with Gasteiger partial charge in [0, 0.05) is 30.7 Å². The maximum absolute atomic E-state index is 5.91. The van der Waals surface area contributed by atoms with Crippen molar-refractivity contribution in [2.24, 2.45) is 10.8 Å². The second-order valence-electron chi connectivity index (χ2n) is 11.3. The highest BCUT2D eigenvalue weighted by molar-refractivity contribution is 7.80. The van der Waals surface area contributed by atoms with E-state index in [1.54, 1.807) is 12.4 Å². The lowest BCUT2D eigenvalue weighted by Gasteiger charge is -2.39. The molecule has 1 saturated heterocycles. The highest BCUT2D eigenvalue weighted by atomic mass is 32.1. The van der Waals surface area contributed by atoms with Gasteiger partial charge < -0.3 is 10.2 Å². The van der Waals surface area contributed by atoms with Crippen molar-refractivity contribution < 1.29 is 0 Å². The van der Waals surface area contributed by atoms with Gasteiger partial charge in [0.25, 0.3) is 0 Å². The monoisotopic (exact) mass is 494 g/mol. The Bertz CT molecular complexity index is 1440. The summed E-state index contributed by atoms with van der Waals surface area (Å²) in [5, 5.41) is 4.30. The van der Waals surface area contributed by atoms with Crippen LogP contribution in [0.2, 0.25) is 0 Å². The van der Waals surface area contributed by atoms with Gasteiger partial charge in [0.2, 0.25) is 0 Å². The van der Waals surface area contributed by atoms with Crippen LogP contribution in [0.4, 0.5) is 5.69 Å². The quantitative estimate of drug-likeness (QED) is 0.333. The molecule has 2 aliphatic rings. The van der Waals surface area contributed by atoms with Crippen molar-refractivity contribution in [2.45, 2.75) is 46.1 Å². The summed E-state index contributed by atoms with van der Waals surface area (Å²) in [6, 6.07) is 18.2. The van der Waals surface area contributed by atoms with Gasteiger partial charge in [0.1, 0.15) is 11.4 Å². The summed E-state index contributed by atoms with van der Waals surface area (Å²) in [6.45, 7) is 8.20. The lowest BCUT2D eigenvalue weighted by atomic mass is 9.65. The van der Waals surface area contributed by atoms with E-state index >= 15 is 0 Å². The number of nitrogens with one attached hydrogen (secondary N) is 1. The fourth-order valence-electron chi connectivity index (χ4n) is 6.39. The van der Waals surface area contributed by atoms with E-state index in [2.05, 4.69) is 41.0 Å². The van der Waals surface area contributed by atoms with E-state index in [9.17, 15) is 0 Å². The van der Waals surface area contributed by atoms with Crippen molar-refractivity contribution in [3.63, 3.8) is 0 Å². The number of pyridine rings is 2. The minimum Gasteiger partial charge on any atom is -0.345 e. The lowest BCUT2D eigenvalue weighted by molar-refractivity contribution is 0.132. The number of hydrogen-bond acceptors (Lipinski definition) is 5. The maximum atomic E-state index is 5.91. The number of likely N-dealkylation sites (tertiary alicyclic amines) is 1. The summed E-state index contributed by atoms with van der Waals surface area (Å²) in [7, 11) is 0. The zero-order valence-corrected chi connectivity index (χ0v) is 21.7. The largest absolute Gasteiger partial charge is 0.345 e. The van der Waals surface area contributed by atoms with Crippen LogP contribution >= 0.6 is 12.2 Å². The highest BCUT2D eigenvalue weighted by Gasteiger charge is 2.50. The van der Waals surface area contributed by atoms with Crippen LogP contribution in [0.3, 0.4) is 0 Å². The van der Waals surface area contributed by atoms with E-state index < -0.39 is 0 Å². The standard InChI is InChI=1S/C29H30N6S/c1-28(2)15-20-16-29(3,17-28)18-35(20)27(36)32-19-10-11-21-24(14-19)34-26(23-9-5-7-13-31-23)25(33-21)22-8-4-6-12-30-22/h4-14,20H,15-18H2,1-3H3,(H,32,36). The van der Waals surface area contributed by atoms with Gasteiger partial charge in [0.05, 0.1) is 22.4 Å². The number of thiocarbonyl (C=S) groups is 1. The topological polar surface area (TPSA) is 66.8 Å². The molecule has 0 spiro atoms. The summed E-state index contributed by atoms with van der Waals surface area (Å²) in [4.78, 5) is 21.4. The van der Waals surface area contributed by atoms with Gasteiger partial charge in [-0.05, 0) is 84.8 Å². The van der Waals surface area contributed by atoms with Crippen molar-refractivity contribution in [1.29, 1.82) is 0 Å². The lowest BCUT2D eigenvalue weighted by Crippen LogP contribution is -2.39. The first-order valence-corrected chi connectivity index (χ1v) is 12.9. The van der Waals surface area contributed by atoms with Crippen LogP contribution in [0.1, 0.15) is 40.0 Å². The molecule has 1 aromatic carbocycles. The molecule has 2 fully saturated rings. The number of fused-ring (bicyclic) bond motifs is 3. The van der Waals surface area contributed by atoms with Crippen molar-refractivity contribution in [2.75, 3.05) is 11.9 Å². The maximum Gasteiger partial charge on any atom is 0.173 e. The average Bonchev–Trinajstić information content (AvgIpc) is 3.13. The van der Waals surface area contributed by atoms with Crippen molar-refractivity contribution >= 4 is 34.1 Å². The molecule has 7 heteroatoms. The van der Waals surface area contributed by atoms with Crippen LogP contribution < -0.4 is 5.32 Å². The molecule has 36 heavy (non-hydrogen) atoms. The SMILES string of the molecule is CC1(C)CC2CC(C)(CN2C(=S)Nc2ccc3nc(-c4ccccn4)c(-c4ccccn4)nc3c2)C1. The average molecular weight is 495 g/mol. The number of anilines is 1. The second kappa shape index (κ2) is 8.59. The molecule has 2 bridgehead atoms. The number of rotatable bonds is 3. The molecule has 3 aromatic heterocycles. The summed E-state index contributed by atoms with van der Waals surface area (Å²) in [6.07, 6.45) is 7.18. The van der Waals surface area contributed by atoms with Crippen LogP contribution in [0.5, 0.6) is 0 Å². The molecule has 2 unspecified atom stereocenters. The molecule has 182 valence electrons. The normalized spacial score (nSPS) is 22.5. The summed E-state index contributed by atoms with van der Waals surface area (Å²) >= 11 is 5.91. The van der Waals surface area contributed by atoms with Gasteiger partial charge in [0.15, 0.2) is 5.11 Å². The first-order chi connectivity index (χ1) is 17.3. The molecule has 1 saturated carbocycles. The van der Waals surface area contributed by atoms with Gasteiger partial charge in [-0.2, -0.15) is 0 Å². The van der Waals surface area contributed by atoms with Crippen LogP contribution in [0, 0.1) is 10.8 Å².